The molecule has 2 aliphatic heterocycles. The summed E-state index contributed by atoms with van der Waals surface area (Å²) in [7, 11) is 0. The molecule has 1 saturated heterocycles. The molecule has 0 aliphatic carbocycles. The van der Waals surface area contributed by atoms with Crippen molar-refractivity contribution in [2.24, 2.45) is 0 Å². The van der Waals surface area contributed by atoms with Crippen LogP contribution in [0.5, 0.6) is 17.2 Å². The van der Waals surface area contributed by atoms with E-state index in [1.165, 1.54) is 0 Å². The lowest BCUT2D eigenvalue weighted by Crippen LogP contribution is -2.38. The van der Waals surface area contributed by atoms with Crippen molar-refractivity contribution in [3.63, 3.8) is 0 Å². The van der Waals surface area contributed by atoms with Gasteiger partial charge in [0.1, 0.15) is 5.75 Å². The number of thioether (sulfide) groups is 1. The van der Waals surface area contributed by atoms with Gasteiger partial charge in [-0.2, -0.15) is 0 Å². The summed E-state index contributed by atoms with van der Waals surface area (Å²) in [6.07, 6.45) is 1.64. The molecule has 1 fully saturated rings. The number of carbonyl (C=O) groups is 3. The van der Waals surface area contributed by atoms with Gasteiger partial charge in [0.05, 0.1) is 4.91 Å². The van der Waals surface area contributed by atoms with Crippen LogP contribution >= 0.6 is 11.8 Å². The van der Waals surface area contributed by atoms with Crippen LogP contribution in [0.2, 0.25) is 0 Å². The summed E-state index contributed by atoms with van der Waals surface area (Å²) in [5, 5.41) is 2.30. The van der Waals surface area contributed by atoms with E-state index in [2.05, 4.69) is 5.32 Å². The minimum absolute atomic E-state index is 0.0819. The number of ether oxygens (including phenoxy) is 3. The number of aryl methyl sites for hydroxylation is 2. The maximum absolute atomic E-state index is 12.6. The van der Waals surface area contributed by atoms with Crippen molar-refractivity contribution in [1.29, 1.82) is 0 Å². The van der Waals surface area contributed by atoms with E-state index in [-0.39, 0.29) is 37.6 Å². The second-order valence-corrected chi connectivity index (χ2v) is 8.32. The van der Waals surface area contributed by atoms with Gasteiger partial charge in [0.15, 0.2) is 18.1 Å². The number of amides is 3. The predicted octanol–water partition coefficient (Wildman–Crippen LogP) is 3.26. The molecule has 0 radical (unpaired) electrons. The van der Waals surface area contributed by atoms with Gasteiger partial charge < -0.3 is 19.5 Å². The number of imide groups is 1. The van der Waals surface area contributed by atoms with Crippen molar-refractivity contribution in [3.8, 4) is 17.2 Å². The van der Waals surface area contributed by atoms with E-state index in [0.29, 0.717) is 22.2 Å². The van der Waals surface area contributed by atoms with Gasteiger partial charge in [0, 0.05) is 13.1 Å². The van der Waals surface area contributed by atoms with Crippen LogP contribution < -0.4 is 19.5 Å². The molecule has 0 bridgehead atoms. The van der Waals surface area contributed by atoms with Gasteiger partial charge in [0.2, 0.25) is 6.79 Å². The quantitative estimate of drug-likeness (QED) is 0.642. The van der Waals surface area contributed by atoms with Gasteiger partial charge >= 0.3 is 0 Å². The summed E-state index contributed by atoms with van der Waals surface area (Å²) >= 11 is 0.868. The van der Waals surface area contributed by atoms with E-state index in [9.17, 15) is 14.4 Å². The van der Waals surface area contributed by atoms with Crippen molar-refractivity contribution in [2.45, 2.75) is 13.8 Å². The van der Waals surface area contributed by atoms with Crippen LogP contribution in [0.4, 0.5) is 4.79 Å². The molecule has 2 aliphatic rings. The average molecular weight is 455 g/mol. The summed E-state index contributed by atoms with van der Waals surface area (Å²) in [6.45, 7) is 4.22. The highest BCUT2D eigenvalue weighted by Gasteiger charge is 2.34. The molecule has 0 aromatic heterocycles. The highest BCUT2D eigenvalue weighted by molar-refractivity contribution is 8.18. The zero-order chi connectivity index (χ0) is 22.7. The molecule has 0 unspecified atom stereocenters. The first-order chi connectivity index (χ1) is 15.4. The number of nitrogens with zero attached hydrogens (tertiary/aromatic N) is 1. The molecule has 0 spiro atoms. The molecule has 2 heterocycles. The third kappa shape index (κ3) is 4.88. The van der Waals surface area contributed by atoms with Crippen LogP contribution in [0.15, 0.2) is 41.3 Å². The monoisotopic (exact) mass is 454 g/mol. The van der Waals surface area contributed by atoms with E-state index < -0.39 is 5.91 Å². The second-order valence-electron chi connectivity index (χ2n) is 7.33. The third-order valence-corrected chi connectivity index (χ3v) is 5.98. The summed E-state index contributed by atoms with van der Waals surface area (Å²) < 4.78 is 16.1. The minimum atomic E-state index is -0.390. The Kier molecular flexibility index (Phi) is 6.36. The van der Waals surface area contributed by atoms with Crippen LogP contribution in [0.3, 0.4) is 0 Å². The fraction of sp³-hybridized carbons (Fsp3) is 0.261. The maximum atomic E-state index is 12.6. The van der Waals surface area contributed by atoms with Gasteiger partial charge in [-0.05, 0) is 72.6 Å². The van der Waals surface area contributed by atoms with Crippen LogP contribution in [0, 0.1) is 13.8 Å². The number of rotatable bonds is 7. The third-order valence-electron chi connectivity index (χ3n) is 5.07. The lowest BCUT2D eigenvalue weighted by molar-refractivity contribution is -0.125. The van der Waals surface area contributed by atoms with Crippen molar-refractivity contribution < 1.29 is 28.6 Å². The van der Waals surface area contributed by atoms with Gasteiger partial charge in [-0.15, -0.1) is 0 Å². The van der Waals surface area contributed by atoms with Crippen LogP contribution in [-0.4, -0.2) is 48.4 Å². The summed E-state index contributed by atoms with van der Waals surface area (Å²) in [4.78, 5) is 38.4. The van der Waals surface area contributed by atoms with Crippen LogP contribution in [0.25, 0.3) is 6.08 Å². The number of hydrogen-bond donors (Lipinski definition) is 1. The highest BCUT2D eigenvalue weighted by atomic mass is 32.2. The number of benzene rings is 2. The van der Waals surface area contributed by atoms with Crippen LogP contribution in [0.1, 0.15) is 16.7 Å². The lowest BCUT2D eigenvalue weighted by atomic mass is 10.1. The molecular weight excluding hydrogens is 432 g/mol. The zero-order valence-corrected chi connectivity index (χ0v) is 18.5. The van der Waals surface area contributed by atoms with Crippen molar-refractivity contribution >= 4 is 34.9 Å². The lowest BCUT2D eigenvalue weighted by Gasteiger charge is -2.13. The normalized spacial score (nSPS) is 16.1. The first kappa shape index (κ1) is 21.8. The van der Waals surface area contributed by atoms with Crippen molar-refractivity contribution in [3.05, 3.63) is 58.0 Å². The fourth-order valence-corrected chi connectivity index (χ4v) is 4.02. The SMILES string of the molecule is Cc1ccc(OCC(=O)NCCN2C(=O)S/C(=C\c3ccc4c(c3)OCO4)C2=O)cc1C. The second kappa shape index (κ2) is 9.35. The Morgan fingerprint density at radius 1 is 1.12 bits per heavy atom. The summed E-state index contributed by atoms with van der Waals surface area (Å²) in [5.74, 6) is 1.14. The molecule has 2 aromatic carbocycles. The molecule has 32 heavy (non-hydrogen) atoms. The maximum Gasteiger partial charge on any atom is 0.293 e. The molecule has 8 nitrogen and oxygen atoms in total. The first-order valence-electron chi connectivity index (χ1n) is 10.0. The molecule has 9 heteroatoms. The molecule has 1 N–H and O–H groups in total. The number of hydrogen-bond acceptors (Lipinski definition) is 7. The Morgan fingerprint density at radius 3 is 2.75 bits per heavy atom. The van der Waals surface area contributed by atoms with E-state index in [4.69, 9.17) is 14.2 Å². The van der Waals surface area contributed by atoms with E-state index in [1.54, 1.807) is 24.3 Å². The molecule has 4 rings (SSSR count). The topological polar surface area (TPSA) is 94.2 Å². The Bertz CT molecular complexity index is 1110. The molecule has 166 valence electrons. The van der Waals surface area contributed by atoms with Gasteiger partial charge in [-0.3, -0.25) is 19.3 Å². The van der Waals surface area contributed by atoms with Gasteiger partial charge in [-0.1, -0.05) is 12.1 Å². The van der Waals surface area contributed by atoms with E-state index in [1.807, 2.05) is 32.0 Å². The smallest absolute Gasteiger partial charge is 0.293 e. The number of fused-ring (bicyclic) bond motifs is 1. The zero-order valence-electron chi connectivity index (χ0n) is 17.7. The highest BCUT2D eigenvalue weighted by Crippen LogP contribution is 2.36. The van der Waals surface area contributed by atoms with E-state index >= 15 is 0 Å². The molecular formula is C23H22N2O6S. The molecule has 2 aromatic rings. The molecule has 0 saturated carbocycles. The minimum Gasteiger partial charge on any atom is -0.484 e. The van der Waals surface area contributed by atoms with Gasteiger partial charge in [-0.25, -0.2) is 0 Å². The van der Waals surface area contributed by atoms with E-state index in [0.717, 1.165) is 33.4 Å². The molecule has 0 atom stereocenters. The fourth-order valence-electron chi connectivity index (χ4n) is 3.16. The predicted molar refractivity (Wildman–Crippen MR) is 120 cm³/mol. The van der Waals surface area contributed by atoms with Crippen LogP contribution in [-0.2, 0) is 9.59 Å². The Hall–Kier alpha value is -3.46. The Labute approximate surface area is 189 Å². The molecule has 3 amide bonds. The van der Waals surface area contributed by atoms with Crippen molar-refractivity contribution in [2.75, 3.05) is 26.5 Å². The number of carbonyl (C=O) groups excluding carboxylic acids is 3. The van der Waals surface area contributed by atoms with Gasteiger partial charge in [0.25, 0.3) is 17.1 Å². The average Bonchev–Trinajstić information content (AvgIpc) is 3.34. The Morgan fingerprint density at radius 2 is 1.94 bits per heavy atom. The summed E-state index contributed by atoms with van der Waals surface area (Å²) in [6, 6.07) is 10.9. The standard InChI is InChI=1S/C23H22N2O6S/c1-14-3-5-17(9-15(14)2)29-12-21(26)24-7-8-25-22(27)20(32-23(25)28)11-16-4-6-18-19(10-16)31-13-30-18/h3-6,9-11H,7-8,12-13H2,1-2H3,(H,24,26)/b20-11-. The summed E-state index contributed by atoms with van der Waals surface area (Å²) in [5.41, 5.74) is 2.96. The number of nitrogens with one attached hydrogen (secondary N) is 1. The first-order valence-corrected chi connectivity index (χ1v) is 10.8. The van der Waals surface area contributed by atoms with Crippen molar-refractivity contribution in [1.82, 2.24) is 10.2 Å². The largest absolute Gasteiger partial charge is 0.484 e. The Balaban J connectivity index is 1.27.